The van der Waals surface area contributed by atoms with E-state index in [9.17, 15) is 4.79 Å². The maximum Gasteiger partial charge on any atom is 0.246 e. The summed E-state index contributed by atoms with van der Waals surface area (Å²) in [6.07, 6.45) is 3.73. The number of nitrogens with one attached hydrogen (secondary N) is 1. The fourth-order valence-electron chi connectivity index (χ4n) is 2.61. The summed E-state index contributed by atoms with van der Waals surface area (Å²) in [5, 5.41) is 2.82. The van der Waals surface area contributed by atoms with Crippen LogP contribution in [0.5, 0.6) is 0 Å². The van der Waals surface area contributed by atoms with Crippen LogP contribution in [0.4, 0.5) is 0 Å². The summed E-state index contributed by atoms with van der Waals surface area (Å²) in [6.45, 7) is 0.524. The van der Waals surface area contributed by atoms with E-state index in [1.54, 1.807) is 6.20 Å². The third-order valence-electron chi connectivity index (χ3n) is 3.69. The second-order valence-corrected chi connectivity index (χ2v) is 5.13. The minimum Gasteiger partial charge on any atom is -0.364 e. The second kappa shape index (κ2) is 6.50. The van der Waals surface area contributed by atoms with Crippen LogP contribution >= 0.6 is 0 Å². The predicted octanol–water partition coefficient (Wildman–Crippen LogP) is 2.40. The van der Waals surface area contributed by atoms with Crippen molar-refractivity contribution in [1.29, 1.82) is 0 Å². The van der Waals surface area contributed by atoms with E-state index in [1.807, 2.05) is 30.3 Å². The lowest BCUT2D eigenvalue weighted by Crippen LogP contribution is -2.28. The first-order valence-electron chi connectivity index (χ1n) is 7.19. The normalized spacial score (nSPS) is 16.5. The van der Waals surface area contributed by atoms with E-state index in [0.29, 0.717) is 6.54 Å². The van der Waals surface area contributed by atoms with Gasteiger partial charge < -0.3 is 10.1 Å². The van der Waals surface area contributed by atoms with Gasteiger partial charge in [-0.1, -0.05) is 30.3 Å². The molecule has 4 heteroatoms. The molecule has 0 bridgehead atoms. The second-order valence-electron chi connectivity index (χ2n) is 5.13. The number of hydrogen-bond donors (Lipinski definition) is 1. The van der Waals surface area contributed by atoms with Crippen LogP contribution in [0.2, 0.25) is 0 Å². The Morgan fingerprint density at radius 1 is 1.24 bits per heavy atom. The van der Waals surface area contributed by atoms with Crippen LogP contribution in [-0.2, 0) is 22.5 Å². The first kappa shape index (κ1) is 13.8. The van der Waals surface area contributed by atoms with Gasteiger partial charge in [-0.2, -0.15) is 0 Å². The molecule has 0 saturated heterocycles. The molecule has 3 rings (SSSR count). The molecule has 1 aliphatic carbocycles. The number of pyridine rings is 1. The number of aryl methyl sites for hydroxylation is 1. The van der Waals surface area contributed by atoms with Gasteiger partial charge in [0.15, 0.2) is 0 Å². The van der Waals surface area contributed by atoms with Gasteiger partial charge in [0.05, 0.1) is 18.3 Å². The van der Waals surface area contributed by atoms with Crippen LogP contribution in [0.3, 0.4) is 0 Å². The molecule has 4 nitrogen and oxygen atoms in total. The van der Waals surface area contributed by atoms with E-state index in [2.05, 4.69) is 22.4 Å². The Labute approximate surface area is 124 Å². The van der Waals surface area contributed by atoms with E-state index in [4.69, 9.17) is 4.74 Å². The van der Waals surface area contributed by atoms with Crippen molar-refractivity contribution in [3.05, 3.63) is 65.5 Å². The number of carbonyl (C=O) groups excluding carboxylic acids is 1. The summed E-state index contributed by atoms with van der Waals surface area (Å²) >= 11 is 0. The highest BCUT2D eigenvalue weighted by molar-refractivity contribution is 5.77. The van der Waals surface area contributed by atoms with Crippen LogP contribution in [-0.4, -0.2) is 17.5 Å². The summed E-state index contributed by atoms with van der Waals surface area (Å²) in [5.41, 5.74) is 3.39. The Morgan fingerprint density at radius 3 is 2.95 bits per heavy atom. The van der Waals surface area contributed by atoms with Crippen molar-refractivity contribution in [2.24, 2.45) is 0 Å². The zero-order valence-corrected chi connectivity index (χ0v) is 11.8. The van der Waals surface area contributed by atoms with Crippen LogP contribution in [0.1, 0.15) is 29.3 Å². The average molecular weight is 282 g/mol. The third kappa shape index (κ3) is 3.47. The van der Waals surface area contributed by atoms with Crippen molar-refractivity contribution < 1.29 is 9.53 Å². The van der Waals surface area contributed by atoms with Crippen molar-refractivity contribution in [2.45, 2.75) is 25.5 Å². The molecule has 1 atom stereocenters. The highest BCUT2D eigenvalue weighted by Gasteiger charge is 2.23. The highest BCUT2D eigenvalue weighted by atomic mass is 16.5. The van der Waals surface area contributed by atoms with Gasteiger partial charge in [0.25, 0.3) is 0 Å². The van der Waals surface area contributed by atoms with Crippen molar-refractivity contribution in [3.8, 4) is 0 Å². The Bertz CT molecular complexity index is 613. The molecular formula is C17H18N2O2. The number of amides is 1. The Hall–Kier alpha value is -2.20. The topological polar surface area (TPSA) is 51.2 Å². The van der Waals surface area contributed by atoms with Crippen molar-refractivity contribution in [2.75, 3.05) is 6.61 Å². The summed E-state index contributed by atoms with van der Waals surface area (Å²) in [5.74, 6) is -0.106. The van der Waals surface area contributed by atoms with E-state index in [0.717, 1.165) is 18.5 Å². The number of carbonyl (C=O) groups is 1. The predicted molar refractivity (Wildman–Crippen MR) is 79.5 cm³/mol. The summed E-state index contributed by atoms with van der Waals surface area (Å²) in [6, 6.07) is 13.9. The molecule has 0 radical (unpaired) electrons. The summed E-state index contributed by atoms with van der Waals surface area (Å²) in [4.78, 5) is 16.0. The van der Waals surface area contributed by atoms with Gasteiger partial charge in [0, 0.05) is 6.20 Å². The van der Waals surface area contributed by atoms with Gasteiger partial charge in [-0.25, -0.2) is 0 Å². The Morgan fingerprint density at radius 2 is 2.10 bits per heavy atom. The standard InChI is InChI=1S/C17H18N2O2/c20-17(19-11-14-6-3-4-10-18-14)12-21-16-9-8-13-5-1-2-7-15(13)16/h1-7,10,16H,8-9,11-12H2,(H,19,20). The highest BCUT2D eigenvalue weighted by Crippen LogP contribution is 2.33. The number of rotatable bonds is 5. The number of aromatic nitrogens is 1. The molecule has 1 amide bonds. The molecule has 1 N–H and O–H groups in total. The van der Waals surface area contributed by atoms with Crippen LogP contribution in [0.25, 0.3) is 0 Å². The number of nitrogens with zero attached hydrogens (tertiary/aromatic N) is 1. The minimum absolute atomic E-state index is 0.0433. The number of fused-ring (bicyclic) bond motifs is 1. The van der Waals surface area contributed by atoms with Crippen LogP contribution < -0.4 is 5.32 Å². The molecule has 1 aliphatic rings. The van der Waals surface area contributed by atoms with E-state index >= 15 is 0 Å². The minimum atomic E-state index is -0.106. The third-order valence-corrected chi connectivity index (χ3v) is 3.69. The van der Waals surface area contributed by atoms with Gasteiger partial charge in [-0.15, -0.1) is 0 Å². The number of benzene rings is 1. The van der Waals surface area contributed by atoms with Gasteiger partial charge in [-0.05, 0) is 36.1 Å². The van der Waals surface area contributed by atoms with Crippen LogP contribution in [0.15, 0.2) is 48.7 Å². The fraction of sp³-hybridized carbons (Fsp3) is 0.294. The van der Waals surface area contributed by atoms with Crippen molar-refractivity contribution in [1.82, 2.24) is 10.3 Å². The molecule has 0 spiro atoms. The van der Waals surface area contributed by atoms with E-state index in [-0.39, 0.29) is 18.6 Å². The Balaban J connectivity index is 1.47. The molecule has 1 unspecified atom stereocenters. The maximum absolute atomic E-state index is 11.8. The molecule has 0 fully saturated rings. The average Bonchev–Trinajstić information content (AvgIpc) is 2.95. The number of ether oxygens (including phenoxy) is 1. The van der Waals surface area contributed by atoms with E-state index < -0.39 is 0 Å². The zero-order chi connectivity index (χ0) is 14.5. The molecule has 108 valence electrons. The molecule has 1 aromatic heterocycles. The molecule has 2 aromatic rings. The molecule has 21 heavy (non-hydrogen) atoms. The van der Waals surface area contributed by atoms with Gasteiger partial charge in [0.2, 0.25) is 5.91 Å². The molecule has 1 heterocycles. The quantitative estimate of drug-likeness (QED) is 0.916. The first-order valence-corrected chi connectivity index (χ1v) is 7.19. The molecule has 1 aromatic carbocycles. The van der Waals surface area contributed by atoms with Crippen molar-refractivity contribution in [3.63, 3.8) is 0 Å². The smallest absolute Gasteiger partial charge is 0.246 e. The van der Waals surface area contributed by atoms with Crippen molar-refractivity contribution >= 4 is 5.91 Å². The van der Waals surface area contributed by atoms with Gasteiger partial charge in [0.1, 0.15) is 6.61 Å². The Kier molecular flexibility index (Phi) is 4.26. The largest absolute Gasteiger partial charge is 0.364 e. The zero-order valence-electron chi connectivity index (χ0n) is 11.8. The molecule has 0 aliphatic heterocycles. The molecular weight excluding hydrogens is 264 g/mol. The lowest BCUT2D eigenvalue weighted by molar-refractivity contribution is -0.128. The maximum atomic E-state index is 11.8. The number of hydrogen-bond acceptors (Lipinski definition) is 3. The lowest BCUT2D eigenvalue weighted by Gasteiger charge is -2.13. The fourth-order valence-corrected chi connectivity index (χ4v) is 2.61. The monoisotopic (exact) mass is 282 g/mol. The van der Waals surface area contributed by atoms with Gasteiger partial charge >= 0.3 is 0 Å². The van der Waals surface area contributed by atoms with Crippen LogP contribution in [0, 0.1) is 0 Å². The molecule has 0 saturated carbocycles. The first-order chi connectivity index (χ1) is 10.3. The summed E-state index contributed by atoms with van der Waals surface area (Å²) in [7, 11) is 0. The van der Waals surface area contributed by atoms with E-state index in [1.165, 1.54) is 11.1 Å². The SMILES string of the molecule is O=C(COC1CCc2ccccc21)NCc1ccccn1. The lowest BCUT2D eigenvalue weighted by atomic mass is 10.1. The van der Waals surface area contributed by atoms with Gasteiger partial charge in [-0.3, -0.25) is 9.78 Å². The summed E-state index contributed by atoms with van der Waals surface area (Å²) < 4.78 is 5.75.